The van der Waals surface area contributed by atoms with Crippen LogP contribution in [0.2, 0.25) is 0 Å². The second-order valence-electron chi connectivity index (χ2n) is 7.32. The molecular weight excluding hydrogens is 448 g/mol. The van der Waals surface area contributed by atoms with E-state index in [9.17, 15) is 19.2 Å². The lowest BCUT2D eigenvalue weighted by Gasteiger charge is -1.98. The van der Waals surface area contributed by atoms with E-state index in [1.807, 2.05) is 0 Å². The Hall–Kier alpha value is -2.65. The smallest absolute Gasteiger partial charge is 0.303 e. The molecule has 0 fully saturated rings. The van der Waals surface area contributed by atoms with Gasteiger partial charge < -0.3 is 24.8 Å². The number of rotatable bonds is 15. The molecule has 0 aromatic heterocycles. The van der Waals surface area contributed by atoms with Crippen LogP contribution < -0.4 is 0 Å². The minimum atomic E-state index is -0.833. The molecular formula is C24H46O10. The largest absolute Gasteiger partial charge is 0.481 e. The van der Waals surface area contributed by atoms with E-state index >= 15 is 0 Å². The van der Waals surface area contributed by atoms with E-state index in [1.54, 1.807) is 0 Å². The molecule has 0 aromatic rings. The summed E-state index contributed by atoms with van der Waals surface area (Å²) in [5, 5.41) is 24.1. The lowest BCUT2D eigenvalue weighted by atomic mass is 10.1. The number of carbonyl (C=O) groups excluding carboxylic acids is 2. The molecule has 0 aromatic carbocycles. The maximum absolute atomic E-state index is 10.1. The molecule has 0 aliphatic rings. The molecule has 0 saturated carbocycles. The summed E-state index contributed by atoms with van der Waals surface area (Å²) in [5.41, 5.74) is 0. The van der Waals surface area contributed by atoms with Crippen molar-refractivity contribution in [1.29, 1.82) is 0 Å². The van der Waals surface area contributed by atoms with Crippen LogP contribution in [0.25, 0.3) is 0 Å². The van der Waals surface area contributed by atoms with Crippen molar-refractivity contribution in [1.82, 2.24) is 0 Å². The lowest BCUT2D eigenvalue weighted by Crippen LogP contribution is -1.99. The van der Waals surface area contributed by atoms with Crippen molar-refractivity contribution in [3.63, 3.8) is 0 Å². The van der Waals surface area contributed by atoms with Gasteiger partial charge in [0.15, 0.2) is 0 Å². The van der Waals surface area contributed by atoms with Crippen molar-refractivity contribution in [2.75, 3.05) is 13.2 Å². The number of unbranched alkanes of at least 4 members (excludes halogenated alkanes) is 7. The fourth-order valence-corrected chi connectivity index (χ4v) is 1.98. The van der Waals surface area contributed by atoms with Gasteiger partial charge in [-0.2, -0.15) is 0 Å². The summed E-state index contributed by atoms with van der Waals surface area (Å²) >= 11 is 0. The van der Waals surface area contributed by atoms with Crippen LogP contribution in [0.4, 0.5) is 0 Å². The first-order valence-corrected chi connectivity index (χ1v) is 11.8. The van der Waals surface area contributed by atoms with Crippen LogP contribution in [0.5, 0.6) is 0 Å². The Morgan fingerprint density at radius 3 is 1.00 bits per heavy atom. The highest BCUT2D eigenvalue weighted by Crippen LogP contribution is 2.08. The molecule has 10 nitrogen and oxygen atoms in total. The van der Waals surface area contributed by atoms with E-state index in [4.69, 9.17) is 20.1 Å². The number of carbonyl (C=O) groups is 5. The third-order valence-electron chi connectivity index (χ3n) is 3.64. The van der Waals surface area contributed by atoms with Gasteiger partial charge in [0.05, 0.1) is 13.2 Å². The number of esters is 2. The van der Waals surface area contributed by atoms with Crippen LogP contribution in [0.3, 0.4) is 0 Å². The van der Waals surface area contributed by atoms with Gasteiger partial charge in [0.1, 0.15) is 0 Å². The molecule has 0 bridgehead atoms. The molecule has 3 N–H and O–H groups in total. The third-order valence-corrected chi connectivity index (χ3v) is 3.64. The second-order valence-corrected chi connectivity index (χ2v) is 7.32. The van der Waals surface area contributed by atoms with Gasteiger partial charge in [-0.25, -0.2) is 0 Å². The van der Waals surface area contributed by atoms with Crippen LogP contribution in [-0.2, 0) is 33.4 Å². The molecule has 0 saturated heterocycles. The van der Waals surface area contributed by atoms with Gasteiger partial charge in [-0.1, -0.05) is 52.4 Å². The lowest BCUT2D eigenvalue weighted by molar-refractivity contribution is -0.142. The number of hydrogen-bond acceptors (Lipinski definition) is 7. The van der Waals surface area contributed by atoms with E-state index < -0.39 is 17.9 Å². The van der Waals surface area contributed by atoms with E-state index in [2.05, 4.69) is 23.3 Å². The average Bonchev–Trinajstić information content (AvgIpc) is 2.70. The molecule has 0 spiro atoms. The summed E-state index contributed by atoms with van der Waals surface area (Å²) in [7, 11) is 0. The summed E-state index contributed by atoms with van der Waals surface area (Å²) in [6, 6.07) is 0. The van der Waals surface area contributed by atoms with Gasteiger partial charge in [0, 0.05) is 33.6 Å². The maximum Gasteiger partial charge on any atom is 0.303 e. The van der Waals surface area contributed by atoms with E-state index in [0.29, 0.717) is 13.2 Å². The highest BCUT2D eigenvalue weighted by Gasteiger charge is 1.98. The number of carboxylic acid groups (broad SMARTS) is 3. The quantitative estimate of drug-likeness (QED) is 0.207. The average molecular weight is 495 g/mol. The van der Waals surface area contributed by atoms with E-state index in [1.165, 1.54) is 13.8 Å². The Morgan fingerprint density at radius 1 is 0.529 bits per heavy atom. The molecule has 0 rings (SSSR count). The number of ether oxygens (including phenoxy) is 2. The zero-order chi connectivity index (χ0) is 27.2. The molecule has 34 heavy (non-hydrogen) atoms. The predicted octanol–water partition coefficient (Wildman–Crippen LogP) is 5.07. The van der Waals surface area contributed by atoms with Crippen molar-refractivity contribution in [3.05, 3.63) is 0 Å². The SMILES string of the molecule is CC(=O)O.CCCCOC(C)=O.CCCCOC(C)=O.O=C(O)CCCCCCCCC(=O)O. The maximum atomic E-state index is 10.1. The summed E-state index contributed by atoms with van der Waals surface area (Å²) in [6.07, 6.45) is 9.92. The molecule has 0 atom stereocenters. The van der Waals surface area contributed by atoms with Gasteiger partial charge >= 0.3 is 23.9 Å². The van der Waals surface area contributed by atoms with Crippen molar-refractivity contribution >= 4 is 29.8 Å². The third kappa shape index (κ3) is 70.1. The normalized spacial score (nSPS) is 8.97. The summed E-state index contributed by atoms with van der Waals surface area (Å²) in [6.45, 7) is 9.20. The topological polar surface area (TPSA) is 164 Å². The fraction of sp³-hybridized carbons (Fsp3) is 0.792. The Bertz CT molecular complexity index is 474. The second kappa shape index (κ2) is 32.5. The molecule has 0 heterocycles. The number of carboxylic acids is 3. The highest BCUT2D eigenvalue weighted by molar-refractivity contribution is 5.67. The van der Waals surface area contributed by atoms with Crippen molar-refractivity contribution < 1.29 is 48.8 Å². The Labute approximate surface area is 204 Å². The first kappa shape index (κ1) is 38.6. The molecule has 202 valence electrons. The van der Waals surface area contributed by atoms with Crippen molar-refractivity contribution in [2.24, 2.45) is 0 Å². The van der Waals surface area contributed by atoms with Gasteiger partial charge in [-0.05, 0) is 25.7 Å². The minimum Gasteiger partial charge on any atom is -0.481 e. The first-order valence-electron chi connectivity index (χ1n) is 11.8. The molecule has 0 radical (unpaired) electrons. The fourth-order valence-electron chi connectivity index (χ4n) is 1.98. The van der Waals surface area contributed by atoms with Gasteiger partial charge in [0.25, 0.3) is 5.97 Å². The molecule has 0 unspecified atom stereocenters. The van der Waals surface area contributed by atoms with Gasteiger partial charge in [-0.3, -0.25) is 24.0 Å². The van der Waals surface area contributed by atoms with Crippen LogP contribution in [0.15, 0.2) is 0 Å². The Morgan fingerprint density at radius 2 is 0.794 bits per heavy atom. The number of aliphatic carboxylic acids is 3. The summed E-state index contributed by atoms with van der Waals surface area (Å²) in [5.74, 6) is -2.68. The van der Waals surface area contributed by atoms with Gasteiger partial charge in [-0.15, -0.1) is 0 Å². The van der Waals surface area contributed by atoms with Crippen LogP contribution in [0.1, 0.15) is 112 Å². The summed E-state index contributed by atoms with van der Waals surface area (Å²) < 4.78 is 9.29. The first-order chi connectivity index (χ1) is 15.9. The van der Waals surface area contributed by atoms with E-state index in [0.717, 1.165) is 71.1 Å². The molecule has 10 heteroatoms. The molecule has 0 amide bonds. The van der Waals surface area contributed by atoms with Gasteiger partial charge in [0.2, 0.25) is 0 Å². The Balaban J connectivity index is -0.000000193. The van der Waals surface area contributed by atoms with E-state index in [-0.39, 0.29) is 24.8 Å². The van der Waals surface area contributed by atoms with Crippen LogP contribution >= 0.6 is 0 Å². The zero-order valence-corrected chi connectivity index (χ0v) is 21.6. The van der Waals surface area contributed by atoms with Crippen LogP contribution in [-0.4, -0.2) is 58.4 Å². The molecule has 0 aliphatic heterocycles. The Kier molecular flexibility index (Phi) is 36.9. The van der Waals surface area contributed by atoms with Crippen molar-refractivity contribution in [2.45, 2.75) is 112 Å². The van der Waals surface area contributed by atoms with Crippen molar-refractivity contribution in [3.8, 4) is 0 Å². The highest BCUT2D eigenvalue weighted by atomic mass is 16.5. The minimum absolute atomic E-state index is 0.182. The number of hydrogen-bond donors (Lipinski definition) is 3. The predicted molar refractivity (Wildman–Crippen MR) is 129 cm³/mol. The zero-order valence-electron chi connectivity index (χ0n) is 21.6. The summed E-state index contributed by atoms with van der Waals surface area (Å²) in [4.78, 5) is 49.5. The van der Waals surface area contributed by atoms with Crippen LogP contribution in [0, 0.1) is 0 Å². The monoisotopic (exact) mass is 494 g/mol. The molecule has 0 aliphatic carbocycles. The standard InChI is InChI=1S/C10H18O4.2C6H12O2.C2H4O2/c11-9(12)7-5-3-1-2-4-6-8-10(13)14;2*1-3-4-5-8-6(2)7;1-2(3)4/h1-8H2,(H,11,12)(H,13,14);2*3-5H2,1-2H3;1H3,(H,3,4).